The van der Waals surface area contributed by atoms with Gasteiger partial charge in [-0.3, -0.25) is 10.1 Å². The molecule has 2 aromatic heterocycles. The fourth-order valence-electron chi connectivity index (χ4n) is 3.58. The summed E-state index contributed by atoms with van der Waals surface area (Å²) in [6, 6.07) is 4.47. The van der Waals surface area contributed by atoms with Gasteiger partial charge in [-0.25, -0.2) is 15.0 Å². The van der Waals surface area contributed by atoms with E-state index >= 15 is 0 Å². The van der Waals surface area contributed by atoms with Crippen molar-refractivity contribution in [3.63, 3.8) is 0 Å². The molecule has 4 rings (SSSR count). The van der Waals surface area contributed by atoms with Crippen molar-refractivity contribution in [2.24, 2.45) is 7.05 Å². The number of fused-ring (bicyclic) bond motifs is 1. The molecule has 1 fully saturated rings. The van der Waals surface area contributed by atoms with Gasteiger partial charge in [0.05, 0.1) is 21.5 Å². The number of imidazole rings is 1. The minimum atomic E-state index is -4.48. The Hall–Kier alpha value is -3.44. The van der Waals surface area contributed by atoms with E-state index in [2.05, 4.69) is 20.3 Å². The van der Waals surface area contributed by atoms with Crippen LogP contribution in [-0.2, 0) is 13.2 Å². The predicted octanol–water partition coefficient (Wildman–Crippen LogP) is 3.37. The third-order valence-corrected chi connectivity index (χ3v) is 5.07. The zero-order chi connectivity index (χ0) is 21.5. The van der Waals surface area contributed by atoms with Crippen LogP contribution in [0.1, 0.15) is 18.4 Å². The highest BCUT2D eigenvalue weighted by Gasteiger charge is 2.31. The third-order valence-electron chi connectivity index (χ3n) is 5.07. The number of aryl methyl sites for hydroxylation is 1. The van der Waals surface area contributed by atoms with Crippen molar-refractivity contribution in [2.75, 3.05) is 23.3 Å². The number of non-ortho nitro benzene ring substituents is 1. The number of nitrogens with one attached hydrogen (secondary N) is 1. The van der Waals surface area contributed by atoms with E-state index in [4.69, 9.17) is 0 Å². The molecule has 0 unspecified atom stereocenters. The minimum absolute atomic E-state index is 0.0233. The number of hydrogen-bond acceptors (Lipinski definition) is 7. The number of aromatic nitrogens is 4. The first-order chi connectivity index (χ1) is 14.2. The van der Waals surface area contributed by atoms with Crippen LogP contribution in [0.2, 0.25) is 0 Å². The van der Waals surface area contributed by atoms with Crippen LogP contribution in [0.25, 0.3) is 11.0 Å². The van der Waals surface area contributed by atoms with Gasteiger partial charge in [-0.05, 0) is 18.9 Å². The number of alkyl halides is 3. The SMILES string of the molecule is Cn1c(N2CCC[C@@H](Nc3ncc(C(F)(F)F)cn3)C2)nc2cc([N+](=O)[O-])ccc21. The van der Waals surface area contributed by atoms with Crippen molar-refractivity contribution in [3.8, 4) is 0 Å². The number of anilines is 2. The molecular weight excluding hydrogens is 403 g/mol. The summed E-state index contributed by atoms with van der Waals surface area (Å²) in [7, 11) is 1.84. The van der Waals surface area contributed by atoms with E-state index in [-0.39, 0.29) is 17.7 Å². The Morgan fingerprint density at radius 2 is 2.00 bits per heavy atom. The molecule has 0 amide bonds. The second-order valence-electron chi connectivity index (χ2n) is 7.12. The van der Waals surface area contributed by atoms with Crippen LogP contribution in [0, 0.1) is 10.1 Å². The normalized spacial score (nSPS) is 17.3. The second-order valence-corrected chi connectivity index (χ2v) is 7.12. The monoisotopic (exact) mass is 421 g/mol. The molecule has 0 radical (unpaired) electrons. The largest absolute Gasteiger partial charge is 0.419 e. The zero-order valence-electron chi connectivity index (χ0n) is 15.9. The van der Waals surface area contributed by atoms with Gasteiger partial charge < -0.3 is 14.8 Å². The standard InChI is InChI=1S/C18H18F3N7O2/c1-26-15-5-4-13(28(29)30)7-14(15)25-17(26)27-6-2-3-12(10-27)24-16-22-8-11(9-23-16)18(19,20)21/h4-5,7-9,12H,2-3,6,10H2,1H3,(H,22,23,24)/t12-/m1/s1. The molecule has 1 aliphatic rings. The molecule has 1 atom stereocenters. The fourth-order valence-corrected chi connectivity index (χ4v) is 3.58. The molecule has 0 spiro atoms. The van der Waals surface area contributed by atoms with Crippen LogP contribution < -0.4 is 10.2 Å². The Kier molecular flexibility index (Phi) is 4.92. The maximum Gasteiger partial charge on any atom is 0.419 e. The van der Waals surface area contributed by atoms with Gasteiger partial charge in [0.2, 0.25) is 11.9 Å². The molecule has 158 valence electrons. The average Bonchev–Trinajstić information content (AvgIpc) is 3.04. The van der Waals surface area contributed by atoms with Crippen molar-refractivity contribution < 1.29 is 18.1 Å². The van der Waals surface area contributed by atoms with Crippen LogP contribution in [0.3, 0.4) is 0 Å². The summed E-state index contributed by atoms with van der Waals surface area (Å²) in [5, 5.41) is 14.1. The van der Waals surface area contributed by atoms with Crippen molar-refractivity contribution in [1.82, 2.24) is 19.5 Å². The molecule has 1 aliphatic heterocycles. The molecule has 1 N–H and O–H groups in total. The molecule has 0 bridgehead atoms. The smallest absolute Gasteiger partial charge is 0.350 e. The number of halogens is 3. The lowest BCUT2D eigenvalue weighted by Gasteiger charge is -2.33. The molecule has 0 saturated carbocycles. The van der Waals surface area contributed by atoms with E-state index in [0.29, 0.717) is 18.0 Å². The molecule has 0 aliphatic carbocycles. The Balaban J connectivity index is 1.51. The molecule has 30 heavy (non-hydrogen) atoms. The number of hydrogen-bond donors (Lipinski definition) is 1. The average molecular weight is 421 g/mol. The highest BCUT2D eigenvalue weighted by molar-refractivity contribution is 5.81. The maximum atomic E-state index is 12.7. The summed E-state index contributed by atoms with van der Waals surface area (Å²) in [4.78, 5) is 24.7. The second kappa shape index (κ2) is 7.43. The molecule has 3 aromatic rings. The van der Waals surface area contributed by atoms with E-state index < -0.39 is 16.7 Å². The van der Waals surface area contributed by atoms with Gasteiger partial charge in [0.25, 0.3) is 5.69 Å². The highest BCUT2D eigenvalue weighted by atomic mass is 19.4. The first-order valence-corrected chi connectivity index (χ1v) is 9.24. The zero-order valence-corrected chi connectivity index (χ0v) is 15.9. The van der Waals surface area contributed by atoms with Crippen molar-refractivity contribution in [1.29, 1.82) is 0 Å². The summed E-state index contributed by atoms with van der Waals surface area (Å²) in [6.45, 7) is 1.29. The maximum absolute atomic E-state index is 12.7. The van der Waals surface area contributed by atoms with Crippen LogP contribution in [-0.4, -0.2) is 43.6 Å². The number of nitro groups is 1. The van der Waals surface area contributed by atoms with Gasteiger partial charge in [0.1, 0.15) is 0 Å². The molecule has 1 saturated heterocycles. The lowest BCUT2D eigenvalue weighted by atomic mass is 10.1. The number of piperidine rings is 1. The number of nitrogens with zero attached hydrogens (tertiary/aromatic N) is 6. The Bertz CT molecular complexity index is 1080. The van der Waals surface area contributed by atoms with Crippen molar-refractivity contribution in [3.05, 3.63) is 46.3 Å². The quantitative estimate of drug-likeness (QED) is 0.509. The summed E-state index contributed by atoms with van der Waals surface area (Å²) < 4.78 is 39.8. The Labute approximate surface area is 168 Å². The molecule has 3 heterocycles. The number of rotatable bonds is 4. The summed E-state index contributed by atoms with van der Waals surface area (Å²) in [5.74, 6) is 0.806. The van der Waals surface area contributed by atoms with Gasteiger partial charge in [-0.15, -0.1) is 0 Å². The van der Waals surface area contributed by atoms with Gasteiger partial charge in [0.15, 0.2) is 0 Å². The van der Waals surface area contributed by atoms with Gasteiger partial charge >= 0.3 is 6.18 Å². The van der Waals surface area contributed by atoms with E-state index in [0.717, 1.165) is 37.3 Å². The first-order valence-electron chi connectivity index (χ1n) is 9.24. The van der Waals surface area contributed by atoms with Gasteiger partial charge in [0, 0.05) is 50.7 Å². The minimum Gasteiger partial charge on any atom is -0.350 e. The fraction of sp³-hybridized carbons (Fsp3) is 0.389. The number of benzene rings is 1. The van der Waals surface area contributed by atoms with E-state index in [9.17, 15) is 23.3 Å². The van der Waals surface area contributed by atoms with Crippen LogP contribution in [0.5, 0.6) is 0 Å². The van der Waals surface area contributed by atoms with E-state index in [1.54, 1.807) is 6.07 Å². The van der Waals surface area contributed by atoms with E-state index in [1.807, 2.05) is 16.5 Å². The van der Waals surface area contributed by atoms with Crippen LogP contribution in [0.4, 0.5) is 30.8 Å². The third kappa shape index (κ3) is 3.84. The van der Waals surface area contributed by atoms with Crippen LogP contribution >= 0.6 is 0 Å². The van der Waals surface area contributed by atoms with E-state index in [1.165, 1.54) is 12.1 Å². The molecule has 12 heteroatoms. The van der Waals surface area contributed by atoms with Gasteiger partial charge in [-0.1, -0.05) is 0 Å². The lowest BCUT2D eigenvalue weighted by Crippen LogP contribution is -2.43. The molecular formula is C18H18F3N7O2. The Morgan fingerprint density at radius 1 is 1.27 bits per heavy atom. The topological polar surface area (TPSA) is 102 Å². The number of nitro benzene ring substituents is 1. The molecule has 1 aromatic carbocycles. The Morgan fingerprint density at radius 3 is 2.67 bits per heavy atom. The van der Waals surface area contributed by atoms with Crippen LogP contribution in [0.15, 0.2) is 30.6 Å². The highest BCUT2D eigenvalue weighted by Crippen LogP contribution is 2.29. The van der Waals surface area contributed by atoms with Gasteiger partial charge in [-0.2, -0.15) is 13.2 Å². The van der Waals surface area contributed by atoms with Crippen molar-refractivity contribution in [2.45, 2.75) is 25.1 Å². The van der Waals surface area contributed by atoms with Crippen molar-refractivity contribution >= 4 is 28.6 Å². The summed E-state index contributed by atoms with van der Waals surface area (Å²) in [6.07, 6.45) is -1.32. The summed E-state index contributed by atoms with van der Waals surface area (Å²) in [5.41, 5.74) is 0.386. The lowest BCUT2D eigenvalue weighted by molar-refractivity contribution is -0.384. The molecule has 9 nitrogen and oxygen atoms in total. The summed E-state index contributed by atoms with van der Waals surface area (Å²) >= 11 is 0. The first kappa shape index (κ1) is 19.9. The predicted molar refractivity (Wildman–Crippen MR) is 103 cm³/mol.